The lowest BCUT2D eigenvalue weighted by Crippen LogP contribution is -2.22. The fourth-order valence-electron chi connectivity index (χ4n) is 1.85. The largest absolute Gasteiger partial charge is 0.462 e. The van der Waals surface area contributed by atoms with Gasteiger partial charge >= 0.3 is 11.9 Å². The van der Waals surface area contributed by atoms with Gasteiger partial charge in [0.2, 0.25) is 11.2 Å². The van der Waals surface area contributed by atoms with Crippen LogP contribution in [0.4, 0.5) is 0 Å². The highest BCUT2D eigenvalue weighted by atomic mass is 17.0. The zero-order valence-corrected chi connectivity index (χ0v) is 15.0. The van der Waals surface area contributed by atoms with Crippen molar-refractivity contribution < 1.29 is 28.2 Å². The summed E-state index contributed by atoms with van der Waals surface area (Å²) in [5.74, 6) is -1.22. The fourth-order valence-corrected chi connectivity index (χ4v) is 1.85. The Kier molecular flexibility index (Phi) is 4.78. The second kappa shape index (κ2) is 6.34. The van der Waals surface area contributed by atoms with E-state index in [2.05, 4.69) is 0 Å². The van der Waals surface area contributed by atoms with Crippen molar-refractivity contribution in [2.75, 3.05) is 13.2 Å². The number of rotatable bonds is 4. The molecule has 0 amide bonds. The van der Waals surface area contributed by atoms with E-state index in [0.717, 1.165) is 0 Å². The summed E-state index contributed by atoms with van der Waals surface area (Å²) in [6.07, 6.45) is 0. The van der Waals surface area contributed by atoms with Crippen molar-refractivity contribution in [2.24, 2.45) is 10.8 Å². The zero-order chi connectivity index (χ0) is 18.1. The highest BCUT2D eigenvalue weighted by Crippen LogP contribution is 2.28. The van der Waals surface area contributed by atoms with Gasteiger partial charge in [0.15, 0.2) is 0 Å². The molecule has 132 valence electrons. The number of carbonyl (C=O) groups excluding carboxylic acids is 2. The molecule has 2 rings (SSSR count). The van der Waals surface area contributed by atoms with E-state index in [1.54, 1.807) is 6.07 Å². The van der Waals surface area contributed by atoms with Gasteiger partial charge < -0.3 is 9.47 Å². The minimum absolute atomic E-state index is 0.0434. The van der Waals surface area contributed by atoms with Crippen molar-refractivity contribution in [3.63, 3.8) is 0 Å². The first-order valence-electron chi connectivity index (χ1n) is 7.84. The van der Waals surface area contributed by atoms with E-state index in [1.807, 2.05) is 41.5 Å². The highest BCUT2D eigenvalue weighted by molar-refractivity contribution is 6.10. The SMILES string of the molecule is CC(C)(C)COC(=O)c1ccc2ooc2c1C(=O)OCC(C)(C)C. The summed E-state index contributed by atoms with van der Waals surface area (Å²) in [6.45, 7) is 12.1. The summed E-state index contributed by atoms with van der Waals surface area (Å²) in [4.78, 5) is 24.8. The molecule has 0 fully saturated rings. The Hall–Kier alpha value is -2.24. The molecule has 6 heteroatoms. The smallest absolute Gasteiger partial charge is 0.343 e. The van der Waals surface area contributed by atoms with Crippen molar-refractivity contribution in [1.29, 1.82) is 0 Å². The fraction of sp³-hybridized carbons (Fsp3) is 0.556. The van der Waals surface area contributed by atoms with E-state index in [9.17, 15) is 9.59 Å². The van der Waals surface area contributed by atoms with Gasteiger partial charge in [0, 0.05) is 0 Å². The summed E-state index contributed by atoms with van der Waals surface area (Å²) in [5, 5.41) is 0. The normalized spacial score (nSPS) is 12.4. The Balaban J connectivity index is 2.27. The quantitative estimate of drug-likeness (QED) is 0.607. The van der Waals surface area contributed by atoms with Crippen LogP contribution in [0.3, 0.4) is 0 Å². The first-order chi connectivity index (χ1) is 11.0. The maximum Gasteiger partial charge on any atom is 0.343 e. The Morgan fingerprint density at radius 3 is 1.88 bits per heavy atom. The van der Waals surface area contributed by atoms with Gasteiger partial charge in [-0.25, -0.2) is 9.59 Å². The lowest BCUT2D eigenvalue weighted by molar-refractivity contribution is 0.0297. The number of esters is 2. The number of benzene rings is 1. The number of fused-ring (bicyclic) bond motifs is 1. The molecule has 0 aliphatic rings. The summed E-state index contributed by atoms with van der Waals surface area (Å²) in [7, 11) is 0. The first-order valence-corrected chi connectivity index (χ1v) is 7.84. The molecule has 24 heavy (non-hydrogen) atoms. The Morgan fingerprint density at radius 2 is 1.42 bits per heavy atom. The predicted molar refractivity (Wildman–Crippen MR) is 88.0 cm³/mol. The van der Waals surface area contributed by atoms with Gasteiger partial charge in [-0.2, -0.15) is 0 Å². The third kappa shape index (κ3) is 4.40. The van der Waals surface area contributed by atoms with Crippen molar-refractivity contribution >= 4 is 23.1 Å². The predicted octanol–water partition coefficient (Wildman–Crippen LogP) is 4.43. The molecule has 0 atom stereocenters. The molecular weight excluding hydrogens is 312 g/mol. The van der Waals surface area contributed by atoms with Gasteiger partial charge in [0.25, 0.3) is 0 Å². The van der Waals surface area contributed by atoms with Crippen molar-refractivity contribution in [3.8, 4) is 0 Å². The molecule has 1 heterocycles. The molecule has 0 spiro atoms. The second-order valence-corrected chi connectivity index (χ2v) is 8.26. The molecular formula is C18H24O6. The van der Waals surface area contributed by atoms with Gasteiger partial charge in [-0.15, -0.1) is 0 Å². The van der Waals surface area contributed by atoms with Crippen molar-refractivity contribution in [3.05, 3.63) is 23.3 Å². The number of ether oxygens (including phenoxy) is 2. The molecule has 1 aromatic carbocycles. The number of carbonyl (C=O) groups is 2. The monoisotopic (exact) mass is 336 g/mol. The number of hydrogen-bond acceptors (Lipinski definition) is 6. The van der Waals surface area contributed by atoms with Crippen LogP contribution in [-0.2, 0) is 9.47 Å². The van der Waals surface area contributed by atoms with Crippen LogP contribution >= 0.6 is 0 Å². The molecule has 0 N–H and O–H groups in total. The van der Waals surface area contributed by atoms with Crippen LogP contribution in [-0.4, -0.2) is 25.2 Å². The average molecular weight is 336 g/mol. The van der Waals surface area contributed by atoms with Crippen LogP contribution in [0.15, 0.2) is 21.3 Å². The average Bonchev–Trinajstić information content (AvgIpc) is 2.41. The van der Waals surface area contributed by atoms with E-state index >= 15 is 0 Å². The van der Waals surface area contributed by atoms with Crippen LogP contribution in [0, 0.1) is 10.8 Å². The van der Waals surface area contributed by atoms with Crippen molar-refractivity contribution in [2.45, 2.75) is 41.5 Å². The summed E-state index contributed by atoms with van der Waals surface area (Å²) in [5.41, 5.74) is 0.385. The van der Waals surface area contributed by atoms with E-state index in [4.69, 9.17) is 18.6 Å². The summed E-state index contributed by atoms with van der Waals surface area (Å²) >= 11 is 0. The molecule has 1 aromatic heterocycles. The molecule has 0 aliphatic heterocycles. The van der Waals surface area contributed by atoms with Gasteiger partial charge in [0.1, 0.15) is 5.56 Å². The molecule has 0 saturated carbocycles. The Morgan fingerprint density at radius 1 is 0.875 bits per heavy atom. The minimum atomic E-state index is -0.632. The Bertz CT molecular complexity index is 736. The molecule has 6 nitrogen and oxygen atoms in total. The standard InChI is InChI=1S/C18H24O6/c1-17(2,3)9-21-15(19)11-7-8-12-14(24-23-12)13(11)16(20)22-10-18(4,5)6/h7-8H,9-10H2,1-6H3. The molecule has 0 radical (unpaired) electrons. The molecule has 2 aromatic rings. The van der Waals surface area contributed by atoms with E-state index in [0.29, 0.717) is 5.58 Å². The molecule has 0 unspecified atom stereocenters. The van der Waals surface area contributed by atoms with E-state index in [-0.39, 0.29) is 40.8 Å². The van der Waals surface area contributed by atoms with Crippen LogP contribution in [0.1, 0.15) is 62.3 Å². The number of hydrogen-bond donors (Lipinski definition) is 0. The van der Waals surface area contributed by atoms with Gasteiger partial charge in [-0.3, -0.25) is 9.15 Å². The Labute approximate surface area is 141 Å². The van der Waals surface area contributed by atoms with Gasteiger partial charge in [0.05, 0.1) is 18.8 Å². The summed E-state index contributed by atoms with van der Waals surface area (Å²) in [6, 6.07) is 3.05. The third-order valence-corrected chi connectivity index (χ3v) is 3.03. The van der Waals surface area contributed by atoms with Gasteiger partial charge in [-0.05, 0) is 23.0 Å². The van der Waals surface area contributed by atoms with E-state index in [1.165, 1.54) is 6.07 Å². The van der Waals surface area contributed by atoms with Crippen LogP contribution < -0.4 is 0 Å². The topological polar surface area (TPSA) is 78.9 Å². The first kappa shape index (κ1) is 18.1. The molecule has 0 saturated heterocycles. The maximum atomic E-state index is 12.5. The van der Waals surface area contributed by atoms with E-state index < -0.39 is 11.9 Å². The lowest BCUT2D eigenvalue weighted by Gasteiger charge is -2.20. The molecule has 0 aliphatic carbocycles. The lowest BCUT2D eigenvalue weighted by atomic mass is 9.98. The van der Waals surface area contributed by atoms with Gasteiger partial charge in [-0.1, -0.05) is 41.5 Å². The van der Waals surface area contributed by atoms with Crippen molar-refractivity contribution in [1.82, 2.24) is 0 Å². The maximum absolute atomic E-state index is 12.5. The van der Waals surface area contributed by atoms with Crippen LogP contribution in [0.5, 0.6) is 0 Å². The van der Waals surface area contributed by atoms with Crippen LogP contribution in [0.25, 0.3) is 11.2 Å². The molecule has 0 bridgehead atoms. The summed E-state index contributed by atoms with van der Waals surface area (Å²) < 4.78 is 20.3. The minimum Gasteiger partial charge on any atom is -0.462 e. The third-order valence-electron chi connectivity index (χ3n) is 3.03. The highest BCUT2D eigenvalue weighted by Gasteiger charge is 2.29. The zero-order valence-electron chi connectivity index (χ0n) is 15.0. The second-order valence-electron chi connectivity index (χ2n) is 8.26. The van der Waals surface area contributed by atoms with Crippen LogP contribution in [0.2, 0.25) is 0 Å².